The molecule has 3 N–H and O–H groups in total. The number of nitrogen functional groups attached to an aromatic ring is 1. The molecular weight excluding hydrogens is 333 g/mol. The smallest absolute Gasteiger partial charge is 0.351 e. The first kappa shape index (κ1) is 19.0. The Hall–Kier alpha value is -1.29. The maximum Gasteiger partial charge on any atom is 0.351 e. The van der Waals surface area contributed by atoms with E-state index in [1.165, 1.54) is 0 Å². The molecule has 1 aromatic heterocycles. The largest absolute Gasteiger partial charge is 0.414 e. The predicted octanol–water partition coefficient (Wildman–Crippen LogP) is 1.63. The van der Waals surface area contributed by atoms with Gasteiger partial charge in [-0.15, -0.1) is 0 Å². The van der Waals surface area contributed by atoms with Gasteiger partial charge in [-0.1, -0.05) is 20.8 Å². The molecule has 2 heterocycles. The topological polar surface area (TPSA) is 99.6 Å². The van der Waals surface area contributed by atoms with Crippen LogP contribution in [0.15, 0.2) is 11.0 Å². The lowest BCUT2D eigenvalue weighted by Gasteiger charge is -2.36. The molecule has 0 amide bonds. The van der Waals surface area contributed by atoms with Crippen LogP contribution in [0.2, 0.25) is 18.1 Å². The number of anilines is 1. The van der Waals surface area contributed by atoms with Crippen molar-refractivity contribution in [3.63, 3.8) is 0 Å². The maximum absolute atomic E-state index is 13.6. The van der Waals surface area contributed by atoms with Gasteiger partial charge in [-0.25, -0.2) is 9.18 Å². The van der Waals surface area contributed by atoms with Crippen molar-refractivity contribution in [2.75, 3.05) is 12.3 Å². The van der Waals surface area contributed by atoms with Crippen molar-refractivity contribution < 1.29 is 18.7 Å². The third kappa shape index (κ3) is 3.85. The zero-order chi connectivity index (χ0) is 18.3. The minimum absolute atomic E-state index is 0.0601. The summed E-state index contributed by atoms with van der Waals surface area (Å²) in [5.41, 5.74) is 4.51. The standard InChI is InChI=1S/C15H26FN3O4Si/c1-15(2,3)24(4,5)22-8-9-6-11(20)13(23-9)19-7-10(16)12(17)18-14(19)21/h7,9,11,13,20H,6,8H2,1-5H3,(H2,17,18,21)/t9-,11-,13+/m0/s1. The molecule has 1 aliphatic rings. The highest BCUT2D eigenvalue weighted by Gasteiger charge is 2.41. The van der Waals surface area contributed by atoms with Crippen molar-refractivity contribution in [2.45, 2.75) is 63.8 Å². The van der Waals surface area contributed by atoms with E-state index in [1.807, 2.05) is 0 Å². The third-order valence-corrected chi connectivity index (χ3v) is 9.31. The zero-order valence-corrected chi connectivity index (χ0v) is 15.7. The van der Waals surface area contributed by atoms with E-state index >= 15 is 0 Å². The number of hydrogen-bond donors (Lipinski definition) is 2. The molecule has 1 fully saturated rings. The molecule has 0 aromatic carbocycles. The van der Waals surface area contributed by atoms with Gasteiger partial charge >= 0.3 is 5.69 Å². The fraction of sp³-hybridized carbons (Fsp3) is 0.733. The lowest BCUT2D eigenvalue weighted by molar-refractivity contribution is -0.0518. The summed E-state index contributed by atoms with van der Waals surface area (Å²) in [7, 11) is -1.94. The van der Waals surface area contributed by atoms with E-state index in [-0.39, 0.29) is 11.1 Å². The molecule has 136 valence electrons. The van der Waals surface area contributed by atoms with Crippen molar-refractivity contribution >= 4 is 14.1 Å². The molecule has 1 saturated heterocycles. The van der Waals surface area contributed by atoms with Crippen molar-refractivity contribution in [3.8, 4) is 0 Å². The van der Waals surface area contributed by atoms with E-state index in [9.17, 15) is 14.3 Å². The van der Waals surface area contributed by atoms with Gasteiger partial charge in [-0.2, -0.15) is 4.98 Å². The van der Waals surface area contributed by atoms with Gasteiger partial charge in [0.25, 0.3) is 0 Å². The number of aromatic nitrogens is 2. The number of ether oxygens (including phenoxy) is 1. The molecular formula is C15H26FN3O4Si. The number of nitrogens with two attached hydrogens (primary N) is 1. The molecule has 7 nitrogen and oxygen atoms in total. The van der Waals surface area contributed by atoms with E-state index in [1.54, 1.807) is 0 Å². The van der Waals surface area contributed by atoms with Gasteiger partial charge in [0.15, 0.2) is 26.2 Å². The predicted molar refractivity (Wildman–Crippen MR) is 90.6 cm³/mol. The lowest BCUT2D eigenvalue weighted by atomic mass is 10.2. The molecule has 1 aliphatic heterocycles. The number of halogens is 1. The van der Waals surface area contributed by atoms with Crippen LogP contribution in [0.4, 0.5) is 10.2 Å². The number of nitrogens with zero attached hydrogens (tertiary/aromatic N) is 2. The molecule has 2 rings (SSSR count). The SMILES string of the molecule is CC(C)(C)[Si](C)(C)OC[C@@H]1C[C@H](O)[C@H](n2cc(F)c(N)nc2=O)O1. The summed E-state index contributed by atoms with van der Waals surface area (Å²) in [6, 6.07) is 0. The molecule has 0 bridgehead atoms. The van der Waals surface area contributed by atoms with Gasteiger partial charge in [0.05, 0.1) is 18.9 Å². The number of rotatable bonds is 4. The zero-order valence-electron chi connectivity index (χ0n) is 14.7. The quantitative estimate of drug-likeness (QED) is 0.793. The van der Waals surface area contributed by atoms with Crippen LogP contribution in [-0.4, -0.2) is 41.8 Å². The van der Waals surface area contributed by atoms with Gasteiger partial charge in [-0.3, -0.25) is 4.57 Å². The van der Waals surface area contributed by atoms with Gasteiger partial charge in [0.2, 0.25) is 0 Å². The van der Waals surface area contributed by atoms with E-state index in [2.05, 4.69) is 38.8 Å². The van der Waals surface area contributed by atoms with E-state index in [0.29, 0.717) is 13.0 Å². The van der Waals surface area contributed by atoms with Crippen LogP contribution in [-0.2, 0) is 9.16 Å². The monoisotopic (exact) mass is 359 g/mol. The minimum atomic E-state index is -1.94. The number of aliphatic hydroxyl groups is 1. The Labute approximate surface area is 141 Å². The van der Waals surface area contributed by atoms with Crippen LogP contribution in [0.25, 0.3) is 0 Å². The average Bonchev–Trinajstić information content (AvgIpc) is 2.80. The summed E-state index contributed by atoms with van der Waals surface area (Å²) in [5, 5.41) is 10.2. The summed E-state index contributed by atoms with van der Waals surface area (Å²) >= 11 is 0. The van der Waals surface area contributed by atoms with Crippen molar-refractivity contribution in [1.82, 2.24) is 9.55 Å². The summed E-state index contributed by atoms with van der Waals surface area (Å²) in [6.07, 6.45) is -1.09. The van der Waals surface area contributed by atoms with Gasteiger partial charge in [0, 0.05) is 6.42 Å². The highest BCUT2D eigenvalue weighted by Crippen LogP contribution is 2.37. The first-order chi connectivity index (χ1) is 10.9. The van der Waals surface area contributed by atoms with Crippen LogP contribution < -0.4 is 11.4 Å². The Morgan fingerprint density at radius 3 is 2.75 bits per heavy atom. The second-order valence-corrected chi connectivity index (χ2v) is 12.5. The summed E-state index contributed by atoms with van der Waals surface area (Å²) in [5.74, 6) is -1.30. The lowest BCUT2D eigenvalue weighted by Crippen LogP contribution is -2.42. The van der Waals surface area contributed by atoms with E-state index in [4.69, 9.17) is 14.9 Å². The van der Waals surface area contributed by atoms with Crippen LogP contribution in [0.1, 0.15) is 33.4 Å². The fourth-order valence-corrected chi connectivity index (χ4v) is 3.28. The van der Waals surface area contributed by atoms with Crippen LogP contribution in [0.3, 0.4) is 0 Å². The molecule has 9 heteroatoms. The molecule has 0 unspecified atom stereocenters. The van der Waals surface area contributed by atoms with Crippen molar-refractivity contribution in [1.29, 1.82) is 0 Å². The fourth-order valence-electron chi connectivity index (χ4n) is 2.25. The highest BCUT2D eigenvalue weighted by atomic mass is 28.4. The van der Waals surface area contributed by atoms with Crippen LogP contribution in [0, 0.1) is 5.82 Å². The minimum Gasteiger partial charge on any atom is -0.414 e. The van der Waals surface area contributed by atoms with E-state index in [0.717, 1.165) is 10.8 Å². The van der Waals surface area contributed by atoms with Crippen molar-refractivity contribution in [3.05, 3.63) is 22.5 Å². The first-order valence-electron chi connectivity index (χ1n) is 7.94. The number of aliphatic hydroxyl groups excluding tert-OH is 1. The highest BCUT2D eigenvalue weighted by molar-refractivity contribution is 6.74. The molecule has 0 aliphatic carbocycles. The second kappa shape index (κ2) is 6.55. The first-order valence-corrected chi connectivity index (χ1v) is 10.8. The Bertz CT molecular complexity index is 659. The summed E-state index contributed by atoms with van der Waals surface area (Å²) in [4.78, 5) is 15.3. The number of hydrogen-bond acceptors (Lipinski definition) is 6. The van der Waals surface area contributed by atoms with Gasteiger partial charge < -0.3 is 20.0 Å². The molecule has 3 atom stereocenters. The second-order valence-electron chi connectivity index (χ2n) is 7.69. The van der Waals surface area contributed by atoms with Gasteiger partial charge in [-0.05, 0) is 18.1 Å². The van der Waals surface area contributed by atoms with Crippen LogP contribution >= 0.6 is 0 Å². The van der Waals surface area contributed by atoms with Gasteiger partial charge in [0.1, 0.15) is 6.10 Å². The molecule has 24 heavy (non-hydrogen) atoms. The van der Waals surface area contributed by atoms with E-state index < -0.39 is 38.0 Å². The Morgan fingerprint density at radius 1 is 1.54 bits per heavy atom. The normalized spacial score (nSPS) is 25.2. The molecule has 0 radical (unpaired) electrons. The van der Waals surface area contributed by atoms with Crippen molar-refractivity contribution in [2.24, 2.45) is 0 Å². The Balaban J connectivity index is 2.08. The Kier molecular flexibility index (Phi) is 5.19. The van der Waals surface area contributed by atoms with Crippen LogP contribution in [0.5, 0.6) is 0 Å². The summed E-state index contributed by atoms with van der Waals surface area (Å²) in [6.45, 7) is 11.0. The average molecular weight is 359 g/mol. The Morgan fingerprint density at radius 2 is 2.17 bits per heavy atom. The molecule has 0 spiro atoms. The molecule has 1 aromatic rings. The summed E-state index contributed by atoms with van der Waals surface area (Å²) < 4.78 is 26.3. The third-order valence-electron chi connectivity index (χ3n) is 4.81. The molecule has 0 saturated carbocycles. The maximum atomic E-state index is 13.6.